The van der Waals surface area contributed by atoms with Crippen LogP contribution in [0.4, 0.5) is 0 Å². The van der Waals surface area contributed by atoms with E-state index in [1.54, 1.807) is 0 Å². The lowest BCUT2D eigenvalue weighted by Gasteiger charge is -2.53. The summed E-state index contributed by atoms with van der Waals surface area (Å²) in [5.74, 6) is 0.424. The molecule has 1 N–H and O–H groups in total. The van der Waals surface area contributed by atoms with Crippen LogP contribution in [0.2, 0.25) is 18.1 Å². The van der Waals surface area contributed by atoms with Crippen molar-refractivity contribution in [1.29, 1.82) is 0 Å². The summed E-state index contributed by atoms with van der Waals surface area (Å²) in [5, 5.41) is 4.28. The Hall–Kier alpha value is -0.383. The van der Waals surface area contributed by atoms with Crippen molar-refractivity contribution in [3.05, 3.63) is 25.3 Å². The molecule has 3 heteroatoms. The van der Waals surface area contributed by atoms with Crippen LogP contribution in [0.5, 0.6) is 0 Å². The molecular formula is C21H39NOSi. The minimum absolute atomic E-state index is 0.193. The van der Waals surface area contributed by atoms with E-state index in [0.717, 1.165) is 6.42 Å². The predicted molar refractivity (Wildman–Crippen MR) is 108 cm³/mol. The second-order valence-electron chi connectivity index (χ2n) is 9.48. The van der Waals surface area contributed by atoms with Crippen molar-refractivity contribution in [2.45, 2.75) is 102 Å². The first-order chi connectivity index (χ1) is 11.1. The SMILES string of the molecule is C=CC[C@@H]1CCC[C@]2(CCC[C@H](O[Si](C)(C)C(C)(C)C)[C@H]2C=C)N1. The first-order valence-corrected chi connectivity index (χ1v) is 12.7. The zero-order valence-electron chi connectivity index (χ0n) is 16.7. The van der Waals surface area contributed by atoms with Gasteiger partial charge < -0.3 is 9.74 Å². The van der Waals surface area contributed by atoms with Crippen molar-refractivity contribution in [2.24, 2.45) is 5.92 Å². The van der Waals surface area contributed by atoms with E-state index >= 15 is 0 Å². The van der Waals surface area contributed by atoms with Crippen molar-refractivity contribution in [3.63, 3.8) is 0 Å². The number of nitrogens with one attached hydrogen (secondary N) is 1. The summed E-state index contributed by atoms with van der Waals surface area (Å²) in [4.78, 5) is 0. The Morgan fingerprint density at radius 2 is 1.79 bits per heavy atom. The molecule has 1 heterocycles. The molecular weight excluding hydrogens is 310 g/mol. The normalized spacial score (nSPS) is 35.0. The van der Waals surface area contributed by atoms with Gasteiger partial charge in [0.15, 0.2) is 8.32 Å². The first-order valence-electron chi connectivity index (χ1n) is 9.84. The molecule has 2 aliphatic rings. The van der Waals surface area contributed by atoms with E-state index in [1.165, 1.54) is 38.5 Å². The standard InChI is InChI=1S/C21H39NOSi/c1-8-12-17-13-10-15-21(22-17)16-11-14-19(18(21)9-2)23-24(6,7)20(3,4)5/h8-9,17-19,22H,1-2,10-16H2,3-7H3/t17-,18-,19+,21-/m1/s1. The van der Waals surface area contributed by atoms with Crippen molar-refractivity contribution >= 4 is 8.32 Å². The number of rotatable bonds is 5. The van der Waals surface area contributed by atoms with Crippen LogP contribution in [-0.2, 0) is 4.43 Å². The van der Waals surface area contributed by atoms with Crippen molar-refractivity contribution in [3.8, 4) is 0 Å². The molecule has 0 amide bonds. The summed E-state index contributed by atoms with van der Waals surface area (Å²) in [5.41, 5.74) is 0.193. The van der Waals surface area contributed by atoms with Gasteiger partial charge in [0.1, 0.15) is 0 Å². The minimum atomic E-state index is -1.75. The fourth-order valence-corrected chi connectivity index (χ4v) is 5.81. The molecule has 1 saturated carbocycles. The molecule has 0 aromatic heterocycles. The molecule has 0 bridgehead atoms. The lowest BCUT2D eigenvalue weighted by atomic mass is 9.66. The van der Waals surface area contributed by atoms with Crippen LogP contribution < -0.4 is 5.32 Å². The third kappa shape index (κ3) is 4.05. The zero-order chi connectivity index (χ0) is 18.0. The topological polar surface area (TPSA) is 21.3 Å². The van der Waals surface area contributed by atoms with Crippen LogP contribution in [0.1, 0.15) is 65.7 Å². The average Bonchev–Trinajstić information content (AvgIpc) is 2.46. The van der Waals surface area contributed by atoms with Gasteiger partial charge in [-0.05, 0) is 56.7 Å². The molecule has 138 valence electrons. The number of hydrogen-bond acceptors (Lipinski definition) is 2. The van der Waals surface area contributed by atoms with Gasteiger partial charge in [0.2, 0.25) is 0 Å². The molecule has 0 aromatic carbocycles. The van der Waals surface area contributed by atoms with E-state index in [1.807, 2.05) is 0 Å². The second kappa shape index (κ2) is 7.47. The third-order valence-corrected chi connectivity index (χ3v) is 11.3. The molecule has 1 aliphatic carbocycles. The lowest BCUT2D eigenvalue weighted by Crippen LogP contribution is -2.63. The largest absolute Gasteiger partial charge is 0.413 e. The van der Waals surface area contributed by atoms with Gasteiger partial charge in [-0.3, -0.25) is 0 Å². The summed E-state index contributed by atoms with van der Waals surface area (Å²) in [6.45, 7) is 19.9. The van der Waals surface area contributed by atoms with E-state index in [4.69, 9.17) is 4.43 Å². The van der Waals surface area contributed by atoms with Crippen LogP contribution >= 0.6 is 0 Å². The monoisotopic (exact) mass is 349 g/mol. The van der Waals surface area contributed by atoms with E-state index < -0.39 is 8.32 Å². The Kier molecular flexibility index (Phi) is 6.20. The molecule has 2 fully saturated rings. The Morgan fingerprint density at radius 3 is 2.33 bits per heavy atom. The van der Waals surface area contributed by atoms with Gasteiger partial charge in [-0.1, -0.05) is 39.3 Å². The first kappa shape index (κ1) is 19.9. The Balaban J connectivity index is 2.20. The zero-order valence-corrected chi connectivity index (χ0v) is 17.7. The molecule has 2 nitrogen and oxygen atoms in total. The highest BCUT2D eigenvalue weighted by Gasteiger charge is 2.49. The highest BCUT2D eigenvalue weighted by molar-refractivity contribution is 6.74. The van der Waals surface area contributed by atoms with Crippen LogP contribution in [0.3, 0.4) is 0 Å². The molecule has 1 spiro atoms. The molecule has 1 saturated heterocycles. The summed E-state index contributed by atoms with van der Waals surface area (Å²) in [6, 6.07) is 0.574. The second-order valence-corrected chi connectivity index (χ2v) is 14.2. The molecule has 2 rings (SSSR count). The van der Waals surface area contributed by atoms with Gasteiger partial charge in [-0.2, -0.15) is 0 Å². The van der Waals surface area contributed by atoms with Crippen LogP contribution in [0.25, 0.3) is 0 Å². The molecule has 4 atom stereocenters. The van der Waals surface area contributed by atoms with Gasteiger partial charge in [-0.15, -0.1) is 13.2 Å². The Bertz CT molecular complexity index is 449. The lowest BCUT2D eigenvalue weighted by molar-refractivity contribution is 0.0109. The quantitative estimate of drug-likeness (QED) is 0.499. The summed E-state index contributed by atoms with van der Waals surface area (Å²) >= 11 is 0. The van der Waals surface area contributed by atoms with E-state index in [0.29, 0.717) is 18.1 Å². The fourth-order valence-electron chi connectivity index (χ4n) is 4.44. The molecule has 0 unspecified atom stereocenters. The highest BCUT2D eigenvalue weighted by atomic mass is 28.4. The maximum Gasteiger partial charge on any atom is 0.192 e. The van der Waals surface area contributed by atoms with Crippen molar-refractivity contribution in [2.75, 3.05) is 0 Å². The molecule has 1 aliphatic heterocycles. The average molecular weight is 350 g/mol. The summed E-state index contributed by atoms with van der Waals surface area (Å²) in [6.07, 6.45) is 13.2. The van der Waals surface area contributed by atoms with Gasteiger partial charge in [0.05, 0.1) is 6.10 Å². The molecule has 24 heavy (non-hydrogen) atoms. The van der Waals surface area contributed by atoms with Gasteiger partial charge in [0, 0.05) is 17.5 Å². The Morgan fingerprint density at radius 1 is 1.17 bits per heavy atom. The maximum absolute atomic E-state index is 6.88. The van der Waals surface area contributed by atoms with Gasteiger partial charge in [-0.25, -0.2) is 0 Å². The van der Waals surface area contributed by atoms with E-state index in [2.05, 4.69) is 64.5 Å². The van der Waals surface area contributed by atoms with Gasteiger partial charge in [0.25, 0.3) is 0 Å². The molecule has 0 aromatic rings. The smallest absolute Gasteiger partial charge is 0.192 e. The van der Waals surface area contributed by atoms with Crippen molar-refractivity contribution < 1.29 is 4.43 Å². The maximum atomic E-state index is 6.88. The van der Waals surface area contributed by atoms with Crippen LogP contribution in [-0.4, -0.2) is 26.0 Å². The van der Waals surface area contributed by atoms with E-state index in [9.17, 15) is 0 Å². The number of hydrogen-bond donors (Lipinski definition) is 1. The summed E-state index contributed by atoms with van der Waals surface area (Å²) < 4.78 is 6.88. The predicted octanol–water partition coefficient (Wildman–Crippen LogP) is 5.82. The van der Waals surface area contributed by atoms with Gasteiger partial charge >= 0.3 is 0 Å². The van der Waals surface area contributed by atoms with Crippen molar-refractivity contribution in [1.82, 2.24) is 5.32 Å². The van der Waals surface area contributed by atoms with Crippen LogP contribution in [0, 0.1) is 5.92 Å². The minimum Gasteiger partial charge on any atom is -0.413 e. The summed E-state index contributed by atoms with van der Waals surface area (Å²) in [7, 11) is -1.75. The number of piperidine rings is 1. The third-order valence-electron chi connectivity index (χ3n) is 6.77. The van der Waals surface area contributed by atoms with E-state index in [-0.39, 0.29) is 10.6 Å². The highest BCUT2D eigenvalue weighted by Crippen LogP contribution is 2.46. The molecule has 0 radical (unpaired) electrons. The fraction of sp³-hybridized carbons (Fsp3) is 0.810. The van der Waals surface area contributed by atoms with Crippen LogP contribution in [0.15, 0.2) is 25.3 Å². The Labute approximate surface area is 151 Å².